The fourth-order valence-corrected chi connectivity index (χ4v) is 3.12. The van der Waals surface area contributed by atoms with Gasteiger partial charge in [-0.15, -0.1) is 0 Å². The number of benzene rings is 1. The van der Waals surface area contributed by atoms with Crippen molar-refractivity contribution < 1.29 is 19.1 Å². The van der Waals surface area contributed by atoms with Gasteiger partial charge in [0.2, 0.25) is 11.9 Å². The van der Waals surface area contributed by atoms with E-state index in [0.717, 1.165) is 9.37 Å². The number of aromatic nitrogens is 3. The summed E-state index contributed by atoms with van der Waals surface area (Å²) in [7, 11) is 3.50. The van der Waals surface area contributed by atoms with Gasteiger partial charge >= 0.3 is 5.97 Å². The number of imide groups is 1. The molecule has 1 aromatic carbocycles. The average Bonchev–Trinajstić information content (AvgIpc) is 2.90. The van der Waals surface area contributed by atoms with Crippen LogP contribution in [0.3, 0.4) is 0 Å². The lowest BCUT2D eigenvalue weighted by atomic mass is 10.1. The lowest BCUT2D eigenvalue weighted by Crippen LogP contribution is -2.31. The van der Waals surface area contributed by atoms with Gasteiger partial charge in [0.15, 0.2) is 12.4 Å². The highest BCUT2D eigenvalue weighted by Gasteiger charge is 2.35. The van der Waals surface area contributed by atoms with Gasteiger partial charge in [-0.25, -0.2) is 0 Å². The van der Waals surface area contributed by atoms with Crippen LogP contribution in [-0.4, -0.2) is 58.3 Å². The number of esters is 1. The number of rotatable bonds is 7. The molecule has 2 heterocycles. The normalized spacial score (nSPS) is 12.9. The second-order valence-electron chi connectivity index (χ2n) is 6.52. The summed E-state index contributed by atoms with van der Waals surface area (Å²) < 4.78 is 5.87. The monoisotopic (exact) mass is 462 g/mol. The zero-order valence-electron chi connectivity index (χ0n) is 15.9. The third kappa shape index (κ3) is 4.67. The maximum absolute atomic E-state index is 12.4. The summed E-state index contributed by atoms with van der Waals surface area (Å²) in [5, 5.41) is 0. The van der Waals surface area contributed by atoms with Gasteiger partial charge < -0.3 is 15.4 Å². The fourth-order valence-electron chi connectivity index (χ4n) is 2.75. The largest absolute Gasteiger partial charge is 0.457 e. The number of anilines is 2. The predicted octanol–water partition coefficient (Wildman–Crippen LogP) is 1.40. The molecule has 152 valence electrons. The number of nitrogens with zero attached hydrogens (tertiary/aromatic N) is 5. The first kappa shape index (κ1) is 20.6. The van der Waals surface area contributed by atoms with Crippen LogP contribution in [0.25, 0.3) is 0 Å². The quantitative estimate of drug-likeness (QED) is 0.478. The lowest BCUT2D eigenvalue weighted by Gasteiger charge is -2.13. The molecule has 0 radical (unpaired) electrons. The van der Waals surface area contributed by atoms with Gasteiger partial charge in [0.25, 0.3) is 11.8 Å². The number of fused-ring (bicyclic) bond motifs is 1. The number of halogens is 1. The average molecular weight is 463 g/mol. The summed E-state index contributed by atoms with van der Waals surface area (Å²) in [6.07, 6.45) is 0.325. The minimum Gasteiger partial charge on any atom is -0.457 e. The van der Waals surface area contributed by atoms with Crippen molar-refractivity contribution in [3.8, 4) is 0 Å². The van der Waals surface area contributed by atoms with Crippen molar-refractivity contribution in [2.24, 2.45) is 0 Å². The van der Waals surface area contributed by atoms with Gasteiger partial charge in [0, 0.05) is 31.5 Å². The van der Waals surface area contributed by atoms with E-state index < -0.39 is 5.97 Å². The maximum Gasteiger partial charge on any atom is 0.306 e. The van der Waals surface area contributed by atoms with Crippen molar-refractivity contribution in [1.29, 1.82) is 0 Å². The summed E-state index contributed by atoms with van der Waals surface area (Å²) in [4.78, 5) is 51.6. The van der Waals surface area contributed by atoms with Crippen molar-refractivity contribution in [2.75, 3.05) is 31.3 Å². The summed E-state index contributed by atoms with van der Waals surface area (Å²) in [5.74, 6) is -0.581. The van der Waals surface area contributed by atoms with Crippen LogP contribution in [0.15, 0.2) is 22.7 Å². The summed E-state index contributed by atoms with van der Waals surface area (Å²) in [5.41, 5.74) is 6.35. The van der Waals surface area contributed by atoms with Crippen molar-refractivity contribution in [2.45, 2.75) is 19.4 Å². The Kier molecular flexibility index (Phi) is 6.06. The van der Waals surface area contributed by atoms with E-state index in [1.54, 1.807) is 37.2 Å². The molecule has 0 fully saturated rings. The van der Waals surface area contributed by atoms with Gasteiger partial charge in [-0.05, 0) is 24.6 Å². The molecule has 29 heavy (non-hydrogen) atoms. The first-order valence-corrected chi connectivity index (χ1v) is 9.54. The minimum absolute atomic E-state index is 0.0343. The summed E-state index contributed by atoms with van der Waals surface area (Å²) >= 11 is 3.29. The van der Waals surface area contributed by atoms with Crippen LogP contribution in [0.1, 0.15) is 39.4 Å². The Bertz CT molecular complexity index is 981. The zero-order valence-corrected chi connectivity index (χ0v) is 17.5. The second-order valence-corrected chi connectivity index (χ2v) is 7.44. The molecule has 2 N–H and O–H groups in total. The van der Waals surface area contributed by atoms with Crippen molar-refractivity contribution in [3.05, 3.63) is 39.6 Å². The van der Waals surface area contributed by atoms with Crippen LogP contribution in [0.4, 0.5) is 11.9 Å². The third-order valence-electron chi connectivity index (χ3n) is 4.14. The highest BCUT2D eigenvalue weighted by atomic mass is 79.9. The summed E-state index contributed by atoms with van der Waals surface area (Å²) in [6.45, 7) is -0.0179. The number of ether oxygens (including phenoxy) is 1. The van der Waals surface area contributed by atoms with E-state index in [1.165, 1.54) is 0 Å². The molecule has 11 heteroatoms. The SMILES string of the molecule is CN(C)c1nc(N)nc(COC(=O)CCCN2C(=O)c3ccc(Br)cc3C2=O)n1. The van der Waals surface area contributed by atoms with E-state index in [4.69, 9.17) is 10.5 Å². The van der Waals surface area contributed by atoms with Crippen LogP contribution in [0, 0.1) is 0 Å². The van der Waals surface area contributed by atoms with E-state index in [1.807, 2.05) is 0 Å². The molecule has 0 atom stereocenters. The fraction of sp³-hybridized carbons (Fsp3) is 0.333. The van der Waals surface area contributed by atoms with Gasteiger partial charge in [-0.2, -0.15) is 15.0 Å². The molecule has 1 aromatic heterocycles. The number of hydrogen-bond acceptors (Lipinski definition) is 9. The lowest BCUT2D eigenvalue weighted by molar-refractivity contribution is -0.145. The topological polar surface area (TPSA) is 132 Å². The Balaban J connectivity index is 1.50. The molecular weight excluding hydrogens is 444 g/mol. The van der Waals surface area contributed by atoms with E-state index in [-0.39, 0.29) is 49.6 Å². The first-order valence-electron chi connectivity index (χ1n) is 8.75. The van der Waals surface area contributed by atoms with Gasteiger partial charge in [-0.1, -0.05) is 15.9 Å². The molecule has 2 amide bonds. The Morgan fingerprint density at radius 1 is 1.17 bits per heavy atom. The second kappa shape index (κ2) is 8.52. The number of nitrogen functional groups attached to an aromatic ring is 1. The molecule has 1 aliphatic heterocycles. The molecule has 3 rings (SSSR count). The number of hydrogen-bond donors (Lipinski definition) is 1. The molecule has 0 aliphatic carbocycles. The van der Waals surface area contributed by atoms with Crippen molar-refractivity contribution in [3.63, 3.8) is 0 Å². The van der Waals surface area contributed by atoms with Gasteiger partial charge in [-0.3, -0.25) is 19.3 Å². The Hall–Kier alpha value is -3.08. The molecular formula is C18H19BrN6O4. The molecule has 0 unspecified atom stereocenters. The standard InChI is InChI=1S/C18H19BrN6O4/c1-24(2)18-22-13(21-17(20)23-18)9-29-14(26)4-3-7-25-15(27)11-6-5-10(19)8-12(11)16(25)28/h5-6,8H,3-4,7,9H2,1-2H3,(H2,20,21,22,23). The molecule has 1 aliphatic rings. The smallest absolute Gasteiger partial charge is 0.306 e. The third-order valence-corrected chi connectivity index (χ3v) is 4.64. The van der Waals surface area contributed by atoms with E-state index in [0.29, 0.717) is 17.1 Å². The van der Waals surface area contributed by atoms with Crippen LogP contribution < -0.4 is 10.6 Å². The number of nitrogens with two attached hydrogens (primary N) is 1. The molecule has 0 bridgehead atoms. The van der Waals surface area contributed by atoms with Gasteiger partial charge in [0.1, 0.15) is 0 Å². The van der Waals surface area contributed by atoms with Crippen molar-refractivity contribution >= 4 is 45.6 Å². The first-order chi connectivity index (χ1) is 13.8. The minimum atomic E-state index is -0.491. The molecule has 10 nitrogen and oxygen atoms in total. The Morgan fingerprint density at radius 3 is 2.62 bits per heavy atom. The maximum atomic E-state index is 12.4. The number of amides is 2. The highest BCUT2D eigenvalue weighted by Crippen LogP contribution is 2.26. The zero-order chi connectivity index (χ0) is 21.1. The van der Waals surface area contributed by atoms with E-state index in [2.05, 4.69) is 30.9 Å². The predicted molar refractivity (Wildman–Crippen MR) is 107 cm³/mol. The molecule has 0 saturated carbocycles. The van der Waals surface area contributed by atoms with E-state index in [9.17, 15) is 14.4 Å². The van der Waals surface area contributed by atoms with Gasteiger partial charge in [0.05, 0.1) is 11.1 Å². The number of carbonyl (C=O) groups excluding carboxylic acids is 3. The van der Waals surface area contributed by atoms with Crippen molar-refractivity contribution in [1.82, 2.24) is 19.9 Å². The van der Waals surface area contributed by atoms with Crippen LogP contribution in [0.5, 0.6) is 0 Å². The Labute approximate surface area is 175 Å². The van der Waals surface area contributed by atoms with Crippen LogP contribution in [-0.2, 0) is 16.1 Å². The van der Waals surface area contributed by atoms with E-state index >= 15 is 0 Å². The summed E-state index contributed by atoms with van der Waals surface area (Å²) in [6, 6.07) is 4.93. The molecule has 2 aromatic rings. The Morgan fingerprint density at radius 2 is 1.90 bits per heavy atom. The highest BCUT2D eigenvalue weighted by molar-refractivity contribution is 9.10. The van der Waals surface area contributed by atoms with Crippen LogP contribution in [0.2, 0.25) is 0 Å². The number of carbonyl (C=O) groups is 3. The molecule has 0 spiro atoms. The van der Waals surface area contributed by atoms with Crippen LogP contribution >= 0.6 is 15.9 Å². The molecule has 0 saturated heterocycles.